The molecule has 0 heterocycles. The Morgan fingerprint density at radius 1 is 1.44 bits per heavy atom. The highest BCUT2D eigenvalue weighted by molar-refractivity contribution is 7.85. The van der Waals surface area contributed by atoms with Crippen molar-refractivity contribution in [1.82, 2.24) is 4.90 Å². The first-order chi connectivity index (χ1) is 7.41. The molecular weight excluding hydrogens is 224 g/mol. The number of rotatable bonds is 3. The predicted octanol–water partition coefficient (Wildman–Crippen LogP) is 0.773. The van der Waals surface area contributed by atoms with E-state index in [1.165, 1.54) is 4.90 Å². The molecule has 1 atom stereocenters. The maximum atomic E-state index is 11.8. The van der Waals surface area contributed by atoms with E-state index >= 15 is 0 Å². The van der Waals surface area contributed by atoms with Gasteiger partial charge in [-0.15, -0.1) is 0 Å². The summed E-state index contributed by atoms with van der Waals surface area (Å²) in [4.78, 5) is 13.5. The van der Waals surface area contributed by atoms with E-state index < -0.39 is 10.8 Å². The minimum atomic E-state index is -1.30. The topological polar surface area (TPSA) is 63.4 Å². The van der Waals surface area contributed by atoms with Gasteiger partial charge in [0.2, 0.25) is 5.91 Å². The second kappa shape index (κ2) is 5.12. The van der Waals surface area contributed by atoms with Gasteiger partial charge in [0, 0.05) is 24.7 Å². The average molecular weight is 240 g/mol. The zero-order valence-corrected chi connectivity index (χ0v) is 10.5. The van der Waals surface area contributed by atoms with E-state index in [0.717, 1.165) is 5.56 Å². The van der Waals surface area contributed by atoms with Crippen LogP contribution in [0.2, 0.25) is 0 Å². The maximum Gasteiger partial charge on any atom is 0.235 e. The van der Waals surface area contributed by atoms with Crippen LogP contribution in [0, 0.1) is 6.92 Å². The zero-order valence-electron chi connectivity index (χ0n) is 9.69. The van der Waals surface area contributed by atoms with Gasteiger partial charge >= 0.3 is 0 Å². The van der Waals surface area contributed by atoms with Crippen molar-refractivity contribution in [2.75, 3.05) is 25.6 Å². The highest BCUT2D eigenvalue weighted by Crippen LogP contribution is 2.15. The molecule has 0 aliphatic heterocycles. The molecule has 1 rings (SSSR count). The van der Waals surface area contributed by atoms with E-state index in [9.17, 15) is 9.00 Å². The predicted molar refractivity (Wildman–Crippen MR) is 65.6 cm³/mol. The van der Waals surface area contributed by atoms with Gasteiger partial charge in [-0.1, -0.05) is 0 Å². The third-order valence-electron chi connectivity index (χ3n) is 2.26. The van der Waals surface area contributed by atoms with Gasteiger partial charge in [0.15, 0.2) is 0 Å². The van der Waals surface area contributed by atoms with Gasteiger partial charge in [-0.05, 0) is 30.7 Å². The van der Waals surface area contributed by atoms with Crippen molar-refractivity contribution >= 4 is 22.4 Å². The van der Waals surface area contributed by atoms with Crippen LogP contribution in [-0.2, 0) is 15.6 Å². The maximum absolute atomic E-state index is 11.8. The molecule has 88 valence electrons. The number of anilines is 1. The number of nitrogen functional groups attached to an aromatic ring is 1. The average Bonchev–Trinajstić information content (AvgIpc) is 2.21. The highest BCUT2D eigenvalue weighted by Gasteiger charge is 2.12. The van der Waals surface area contributed by atoms with Gasteiger partial charge in [-0.25, -0.2) is 0 Å². The Morgan fingerprint density at radius 2 is 2.06 bits per heavy atom. The fraction of sp³-hybridized carbons (Fsp3) is 0.364. The van der Waals surface area contributed by atoms with Gasteiger partial charge in [0.1, 0.15) is 5.75 Å². The number of hydrogen-bond acceptors (Lipinski definition) is 3. The molecular formula is C11H16N2O2S. The molecule has 0 aliphatic rings. The fourth-order valence-electron chi connectivity index (χ4n) is 1.11. The molecule has 1 amide bonds. The molecule has 0 bridgehead atoms. The molecule has 0 radical (unpaired) electrons. The molecule has 1 aromatic rings. The largest absolute Gasteiger partial charge is 0.399 e. The number of nitrogens with zero attached hydrogens (tertiary/aromatic N) is 1. The molecule has 0 saturated heterocycles. The van der Waals surface area contributed by atoms with Crippen molar-refractivity contribution in [1.29, 1.82) is 0 Å². The summed E-state index contributed by atoms with van der Waals surface area (Å²) in [6.45, 7) is 1.85. The number of aryl methyl sites for hydroxylation is 1. The summed E-state index contributed by atoms with van der Waals surface area (Å²) in [5.41, 5.74) is 7.21. The van der Waals surface area contributed by atoms with Crippen LogP contribution in [0.5, 0.6) is 0 Å². The molecule has 1 aromatic carbocycles. The Labute approximate surface area is 97.9 Å². The van der Waals surface area contributed by atoms with Crippen LogP contribution in [0.1, 0.15) is 5.56 Å². The second-order valence-corrected chi connectivity index (χ2v) is 5.25. The lowest BCUT2D eigenvalue weighted by atomic mass is 10.2. The van der Waals surface area contributed by atoms with Gasteiger partial charge in [-0.3, -0.25) is 9.00 Å². The van der Waals surface area contributed by atoms with Crippen LogP contribution in [0.4, 0.5) is 5.69 Å². The van der Waals surface area contributed by atoms with E-state index in [0.29, 0.717) is 10.6 Å². The van der Waals surface area contributed by atoms with Crippen LogP contribution in [-0.4, -0.2) is 34.9 Å². The molecule has 4 nitrogen and oxygen atoms in total. The first-order valence-corrected chi connectivity index (χ1v) is 6.18. The lowest BCUT2D eigenvalue weighted by Gasteiger charge is -2.10. The van der Waals surface area contributed by atoms with Crippen molar-refractivity contribution in [2.45, 2.75) is 11.8 Å². The molecule has 0 spiro atoms. The third kappa shape index (κ3) is 3.06. The number of carbonyl (C=O) groups excluding carboxylic acids is 1. The molecule has 0 fully saturated rings. The van der Waals surface area contributed by atoms with Crippen molar-refractivity contribution in [3.05, 3.63) is 23.8 Å². The Kier molecular flexibility index (Phi) is 4.06. The minimum absolute atomic E-state index is 0.0103. The van der Waals surface area contributed by atoms with Gasteiger partial charge < -0.3 is 10.6 Å². The van der Waals surface area contributed by atoms with Gasteiger partial charge in [0.25, 0.3) is 0 Å². The van der Waals surface area contributed by atoms with Gasteiger partial charge in [0.05, 0.1) is 10.8 Å². The quantitative estimate of drug-likeness (QED) is 0.794. The zero-order chi connectivity index (χ0) is 12.3. The van der Waals surface area contributed by atoms with E-state index in [1.807, 2.05) is 6.92 Å². The van der Waals surface area contributed by atoms with Crippen molar-refractivity contribution in [3.63, 3.8) is 0 Å². The van der Waals surface area contributed by atoms with Crippen molar-refractivity contribution < 1.29 is 9.00 Å². The molecule has 0 saturated carbocycles. The Bertz CT molecular complexity index is 430. The Balaban J connectivity index is 2.81. The van der Waals surface area contributed by atoms with E-state index in [2.05, 4.69) is 0 Å². The summed E-state index contributed by atoms with van der Waals surface area (Å²) in [5.74, 6) is -0.135. The van der Waals surface area contributed by atoms with Crippen LogP contribution in [0.15, 0.2) is 23.1 Å². The summed E-state index contributed by atoms with van der Waals surface area (Å²) in [6.07, 6.45) is 0. The highest BCUT2D eigenvalue weighted by atomic mass is 32.2. The number of benzene rings is 1. The van der Waals surface area contributed by atoms with E-state index in [1.54, 1.807) is 32.3 Å². The molecule has 1 unspecified atom stereocenters. The number of carbonyl (C=O) groups is 1. The van der Waals surface area contributed by atoms with E-state index in [-0.39, 0.29) is 11.7 Å². The lowest BCUT2D eigenvalue weighted by Crippen LogP contribution is -2.27. The monoisotopic (exact) mass is 240 g/mol. The molecule has 0 aliphatic carbocycles. The van der Waals surface area contributed by atoms with Gasteiger partial charge in [-0.2, -0.15) is 0 Å². The van der Waals surface area contributed by atoms with Crippen LogP contribution < -0.4 is 5.73 Å². The molecule has 5 heteroatoms. The first-order valence-electron chi connectivity index (χ1n) is 4.86. The molecule has 0 aromatic heterocycles. The normalized spacial score (nSPS) is 12.2. The fourth-order valence-corrected chi connectivity index (χ4v) is 2.29. The molecule has 16 heavy (non-hydrogen) atoms. The number of amides is 1. The van der Waals surface area contributed by atoms with Crippen LogP contribution >= 0.6 is 0 Å². The summed E-state index contributed by atoms with van der Waals surface area (Å²) in [5, 5.41) is 0. The number of nitrogens with two attached hydrogens (primary N) is 1. The lowest BCUT2D eigenvalue weighted by molar-refractivity contribution is -0.125. The Morgan fingerprint density at radius 3 is 2.56 bits per heavy atom. The summed E-state index contributed by atoms with van der Waals surface area (Å²) in [7, 11) is 1.99. The van der Waals surface area contributed by atoms with Crippen LogP contribution in [0.3, 0.4) is 0 Å². The summed E-state index contributed by atoms with van der Waals surface area (Å²) < 4.78 is 11.8. The second-order valence-electron chi connectivity index (χ2n) is 3.80. The summed E-state index contributed by atoms with van der Waals surface area (Å²) >= 11 is 0. The first kappa shape index (κ1) is 12.7. The minimum Gasteiger partial charge on any atom is -0.399 e. The van der Waals surface area contributed by atoms with E-state index in [4.69, 9.17) is 5.73 Å². The summed E-state index contributed by atoms with van der Waals surface area (Å²) in [6, 6.07) is 5.17. The van der Waals surface area contributed by atoms with Crippen LogP contribution in [0.25, 0.3) is 0 Å². The SMILES string of the molecule is Cc1cc(S(=O)CC(=O)N(C)C)ccc1N. The standard InChI is InChI=1S/C11H16N2O2S/c1-8-6-9(4-5-10(8)12)16(15)7-11(14)13(2)3/h4-6H,7,12H2,1-3H3. The molecule has 2 N–H and O–H groups in total. The third-order valence-corrected chi connectivity index (χ3v) is 3.55. The smallest absolute Gasteiger partial charge is 0.235 e. The van der Waals surface area contributed by atoms with Crippen molar-refractivity contribution in [3.8, 4) is 0 Å². The number of hydrogen-bond donors (Lipinski definition) is 1. The Hall–Kier alpha value is -1.36. The van der Waals surface area contributed by atoms with Crippen molar-refractivity contribution in [2.24, 2.45) is 0 Å².